The maximum atomic E-state index is 11.6. The lowest BCUT2D eigenvalue weighted by molar-refractivity contribution is -0.115. The molecule has 0 heterocycles. The fraction of sp³-hybridized carbons (Fsp3) is 0.125. The molecule has 0 aliphatic rings. The third-order valence-electron chi connectivity index (χ3n) is 2.80. The van der Waals surface area contributed by atoms with E-state index in [0.717, 1.165) is 0 Å². The molecule has 22 heavy (non-hydrogen) atoms. The molecule has 0 aromatic heterocycles. The molecule has 2 aromatic carbocycles. The summed E-state index contributed by atoms with van der Waals surface area (Å²) in [6.45, 7) is -5.75. The molecule has 6 nitrogen and oxygen atoms in total. The van der Waals surface area contributed by atoms with Crippen molar-refractivity contribution in [2.24, 2.45) is 0 Å². The molecule has 0 unspecified atom stereocenters. The Labute approximate surface area is 135 Å². The molecule has 0 fully saturated rings. The van der Waals surface area contributed by atoms with Crippen molar-refractivity contribution in [3.63, 3.8) is 0 Å². The molecule has 0 saturated carbocycles. The topological polar surface area (TPSA) is 98.7 Å². The van der Waals surface area contributed by atoms with E-state index in [-0.39, 0.29) is 34.0 Å². The van der Waals surface area contributed by atoms with E-state index >= 15 is 0 Å². The Hall–Kier alpha value is -3.02. The Morgan fingerprint density at radius 2 is 1.27 bits per heavy atom. The highest BCUT2D eigenvalue weighted by atomic mass is 16.3. The van der Waals surface area contributed by atoms with Crippen LogP contribution in [0.3, 0.4) is 0 Å². The highest BCUT2D eigenvalue weighted by Crippen LogP contribution is 2.38. The van der Waals surface area contributed by atoms with Gasteiger partial charge in [0.15, 0.2) is 0 Å². The minimum Gasteiger partial charge on any atom is -0.507 e. The second-order valence-electron chi connectivity index (χ2n) is 4.37. The second kappa shape index (κ2) is 6.17. The van der Waals surface area contributed by atoms with Gasteiger partial charge in [-0.2, -0.15) is 0 Å². The fourth-order valence-electron chi connectivity index (χ4n) is 1.92. The lowest BCUT2D eigenvalue weighted by Crippen LogP contribution is -2.06. The van der Waals surface area contributed by atoms with E-state index in [0.29, 0.717) is 0 Å². The van der Waals surface area contributed by atoms with Gasteiger partial charge in [0.2, 0.25) is 11.8 Å². The first kappa shape index (κ1) is 9.09. The van der Waals surface area contributed by atoms with Gasteiger partial charge in [-0.25, -0.2) is 0 Å². The highest BCUT2D eigenvalue weighted by molar-refractivity contribution is 5.92. The molecule has 0 bridgehead atoms. The third kappa shape index (κ3) is 3.54. The van der Waals surface area contributed by atoms with Gasteiger partial charge >= 0.3 is 0 Å². The number of phenols is 2. The number of rotatable bonds is 3. The summed E-state index contributed by atoms with van der Waals surface area (Å²) in [6, 6.07) is 7.33. The molecule has 0 aliphatic carbocycles. The zero-order chi connectivity index (χ0) is 21.3. The van der Waals surface area contributed by atoms with Crippen molar-refractivity contribution in [3.05, 3.63) is 36.4 Å². The van der Waals surface area contributed by atoms with E-state index in [1.807, 2.05) is 0 Å². The molecule has 114 valence electrons. The summed E-state index contributed by atoms with van der Waals surface area (Å²) in [5.74, 6) is -3.07. The minimum absolute atomic E-state index is 0.0193. The fourth-order valence-corrected chi connectivity index (χ4v) is 1.92. The summed E-state index contributed by atoms with van der Waals surface area (Å²) in [4.78, 5) is 23.2. The molecular weight excluding hydrogens is 284 g/mol. The zero-order valence-electron chi connectivity index (χ0n) is 17.2. The number of amides is 2. The monoisotopic (exact) mass is 306 g/mol. The van der Waals surface area contributed by atoms with Crippen LogP contribution in [0.15, 0.2) is 36.4 Å². The van der Waals surface area contributed by atoms with Gasteiger partial charge in [0, 0.05) is 44.4 Å². The van der Waals surface area contributed by atoms with Gasteiger partial charge in [-0.1, -0.05) is 0 Å². The Bertz CT molecular complexity index is 849. The van der Waals surface area contributed by atoms with Crippen LogP contribution in [-0.2, 0) is 9.59 Å². The van der Waals surface area contributed by atoms with Crippen LogP contribution < -0.4 is 10.6 Å². The van der Waals surface area contributed by atoms with E-state index in [9.17, 15) is 19.8 Å². The summed E-state index contributed by atoms with van der Waals surface area (Å²) in [7, 11) is 0. The minimum atomic E-state index is -2.88. The van der Waals surface area contributed by atoms with Crippen molar-refractivity contribution in [2.45, 2.75) is 13.7 Å². The average molecular weight is 306 g/mol. The maximum absolute atomic E-state index is 11.6. The van der Waals surface area contributed by atoms with E-state index < -0.39 is 25.5 Å². The van der Waals surface area contributed by atoms with E-state index in [4.69, 9.17) is 8.22 Å². The van der Waals surface area contributed by atoms with Crippen LogP contribution in [0.1, 0.15) is 21.9 Å². The number of carbonyl (C=O) groups excluding carboxylic acids is 2. The molecule has 6 heteroatoms. The van der Waals surface area contributed by atoms with Crippen molar-refractivity contribution in [2.75, 3.05) is 10.6 Å². The number of phenolic OH excluding ortho intramolecular Hbond substituents is 2. The molecule has 0 saturated heterocycles. The average Bonchev–Trinajstić information content (AvgIpc) is 2.56. The molecular formula is C16H16N2O4. The first-order valence-electron chi connectivity index (χ1n) is 9.08. The van der Waals surface area contributed by atoms with Crippen molar-refractivity contribution >= 4 is 23.2 Å². The molecule has 2 amide bonds. The van der Waals surface area contributed by atoms with Crippen molar-refractivity contribution < 1.29 is 28.0 Å². The van der Waals surface area contributed by atoms with Gasteiger partial charge in [-0.05, 0) is 36.4 Å². The van der Waals surface area contributed by atoms with Crippen LogP contribution >= 0.6 is 0 Å². The van der Waals surface area contributed by atoms with Gasteiger partial charge < -0.3 is 20.8 Å². The largest absolute Gasteiger partial charge is 0.507 e. The van der Waals surface area contributed by atoms with Crippen molar-refractivity contribution in [1.29, 1.82) is 0 Å². The standard InChI is InChI=1S/C16H16N2O4/c1-9(19)17-11-3-5-15(21)13(7-11)14-8-12(18-10(2)20)4-6-16(14)22/h3-8,21-22H,1-2H3,(H,17,19)(H,18,20)/i1D3,2D3. The summed E-state index contributed by atoms with van der Waals surface area (Å²) < 4.78 is 42.4. The van der Waals surface area contributed by atoms with Gasteiger partial charge in [-0.3, -0.25) is 9.59 Å². The molecule has 2 rings (SSSR count). The predicted octanol–water partition coefficient (Wildman–Crippen LogP) is 2.68. The quantitative estimate of drug-likeness (QED) is 0.655. The summed E-state index contributed by atoms with van der Waals surface area (Å²) >= 11 is 0. The predicted molar refractivity (Wildman–Crippen MR) is 83.8 cm³/mol. The normalized spacial score (nSPS) is 15.3. The lowest BCUT2D eigenvalue weighted by atomic mass is 10.0. The summed E-state index contributed by atoms with van der Waals surface area (Å²) in [5, 5.41) is 24.5. The van der Waals surface area contributed by atoms with Gasteiger partial charge in [0.25, 0.3) is 0 Å². The Balaban J connectivity index is 2.41. The van der Waals surface area contributed by atoms with Gasteiger partial charge in [0.05, 0.1) is 0 Å². The van der Waals surface area contributed by atoms with Crippen LogP contribution in [0.4, 0.5) is 11.4 Å². The summed E-state index contributed by atoms with van der Waals surface area (Å²) in [6.07, 6.45) is 0. The van der Waals surface area contributed by atoms with Crippen LogP contribution in [0.2, 0.25) is 0 Å². The molecule has 2 aromatic rings. The molecule has 4 N–H and O–H groups in total. The Morgan fingerprint density at radius 1 is 0.864 bits per heavy atom. The third-order valence-corrected chi connectivity index (χ3v) is 2.80. The Kier molecular flexibility index (Phi) is 2.55. The zero-order valence-corrected chi connectivity index (χ0v) is 11.2. The first-order valence-corrected chi connectivity index (χ1v) is 6.08. The van der Waals surface area contributed by atoms with E-state index in [1.165, 1.54) is 36.4 Å². The van der Waals surface area contributed by atoms with E-state index in [1.54, 1.807) is 0 Å². The van der Waals surface area contributed by atoms with Crippen LogP contribution in [0.25, 0.3) is 11.1 Å². The van der Waals surface area contributed by atoms with Crippen LogP contribution in [-0.4, -0.2) is 22.0 Å². The van der Waals surface area contributed by atoms with Crippen molar-refractivity contribution in [1.82, 2.24) is 0 Å². The van der Waals surface area contributed by atoms with Crippen LogP contribution in [0.5, 0.6) is 11.5 Å². The number of benzene rings is 2. The number of carbonyl (C=O) groups is 2. The molecule has 0 aliphatic heterocycles. The number of hydrogen-bond donors (Lipinski definition) is 4. The summed E-state index contributed by atoms with van der Waals surface area (Å²) in [5.41, 5.74) is 0.132. The lowest BCUT2D eigenvalue weighted by Gasteiger charge is -2.12. The number of hydrogen-bond acceptors (Lipinski definition) is 4. The number of anilines is 2. The van der Waals surface area contributed by atoms with Crippen molar-refractivity contribution in [3.8, 4) is 22.6 Å². The molecule has 0 atom stereocenters. The molecule has 0 spiro atoms. The smallest absolute Gasteiger partial charge is 0.221 e. The SMILES string of the molecule is [2H]C([2H])([2H])C(=O)Nc1ccc(O)c(-c2cc(NC(=O)C([2H])([2H])[2H])ccc2O)c1. The highest BCUT2D eigenvalue weighted by Gasteiger charge is 2.12. The van der Waals surface area contributed by atoms with Gasteiger partial charge in [-0.15, -0.1) is 0 Å². The number of nitrogens with one attached hydrogen (secondary N) is 2. The first-order chi connectivity index (χ1) is 12.8. The van der Waals surface area contributed by atoms with Crippen LogP contribution in [0, 0.1) is 0 Å². The van der Waals surface area contributed by atoms with E-state index in [2.05, 4.69) is 10.6 Å². The Morgan fingerprint density at radius 3 is 1.64 bits per heavy atom. The second-order valence-corrected chi connectivity index (χ2v) is 4.37. The molecule has 0 radical (unpaired) electrons. The number of aromatic hydroxyl groups is 2. The maximum Gasteiger partial charge on any atom is 0.221 e. The van der Waals surface area contributed by atoms with Gasteiger partial charge in [0.1, 0.15) is 11.5 Å².